The monoisotopic (exact) mass is 426 g/mol. The number of hydrogen-bond acceptors (Lipinski definition) is 4. The molecule has 0 fully saturated rings. The number of para-hydroxylation sites is 1. The highest BCUT2D eigenvalue weighted by Gasteiger charge is 2.40. The number of imide groups is 1. The standard InChI is InChI=1S/C27H26N2O3/c1-17(2)32-23-12-10-20(11-13-23)24-25(28-21-8-6-5-7-9-21)27(31)29(26(24)30)22-15-18(3)14-19(4)16-22/h5-17,28H,1-4H3. The highest BCUT2D eigenvalue weighted by Crippen LogP contribution is 2.35. The zero-order valence-electron chi connectivity index (χ0n) is 18.7. The molecular weight excluding hydrogens is 400 g/mol. The van der Waals surface area contributed by atoms with Gasteiger partial charge in [-0.3, -0.25) is 9.59 Å². The molecule has 32 heavy (non-hydrogen) atoms. The second-order valence-electron chi connectivity index (χ2n) is 8.22. The third kappa shape index (κ3) is 4.28. The summed E-state index contributed by atoms with van der Waals surface area (Å²) in [6.07, 6.45) is 0.0464. The Hall–Kier alpha value is -3.86. The van der Waals surface area contributed by atoms with Gasteiger partial charge in [0.05, 0.1) is 17.4 Å². The largest absolute Gasteiger partial charge is 0.491 e. The molecule has 5 nitrogen and oxygen atoms in total. The van der Waals surface area contributed by atoms with E-state index in [1.54, 1.807) is 0 Å². The second kappa shape index (κ2) is 8.71. The molecule has 0 bridgehead atoms. The summed E-state index contributed by atoms with van der Waals surface area (Å²) in [5.41, 5.74) is 4.54. The van der Waals surface area contributed by atoms with Crippen LogP contribution in [-0.4, -0.2) is 17.9 Å². The minimum Gasteiger partial charge on any atom is -0.491 e. The van der Waals surface area contributed by atoms with Crippen LogP contribution in [0.15, 0.2) is 78.5 Å². The Labute approximate surface area is 188 Å². The Bertz CT molecular complexity index is 1180. The maximum atomic E-state index is 13.6. The maximum Gasteiger partial charge on any atom is 0.282 e. The molecule has 0 atom stereocenters. The third-order valence-electron chi connectivity index (χ3n) is 5.11. The SMILES string of the molecule is Cc1cc(C)cc(N2C(=O)C(Nc3ccccc3)=C(c3ccc(OC(C)C)cc3)C2=O)c1. The first kappa shape index (κ1) is 21.4. The molecule has 0 radical (unpaired) electrons. The Kier molecular flexibility index (Phi) is 5.82. The number of ether oxygens (including phenoxy) is 1. The smallest absolute Gasteiger partial charge is 0.282 e. The van der Waals surface area contributed by atoms with Gasteiger partial charge in [0.15, 0.2) is 0 Å². The predicted octanol–water partition coefficient (Wildman–Crippen LogP) is 5.49. The van der Waals surface area contributed by atoms with Gasteiger partial charge in [-0.15, -0.1) is 0 Å². The zero-order chi connectivity index (χ0) is 22.8. The number of carbonyl (C=O) groups is 2. The lowest BCUT2D eigenvalue weighted by Gasteiger charge is -2.17. The molecular formula is C27H26N2O3. The van der Waals surface area contributed by atoms with Crippen LogP contribution in [0.2, 0.25) is 0 Å². The van der Waals surface area contributed by atoms with E-state index in [2.05, 4.69) is 5.32 Å². The molecule has 0 aliphatic carbocycles. The minimum atomic E-state index is -0.374. The molecule has 1 heterocycles. The highest BCUT2D eigenvalue weighted by molar-refractivity contribution is 6.46. The van der Waals surface area contributed by atoms with Crippen molar-refractivity contribution in [2.75, 3.05) is 10.2 Å². The number of rotatable bonds is 6. The van der Waals surface area contributed by atoms with Crippen molar-refractivity contribution < 1.29 is 14.3 Å². The van der Waals surface area contributed by atoms with E-state index >= 15 is 0 Å². The molecule has 3 aromatic rings. The van der Waals surface area contributed by atoms with E-state index in [0.717, 1.165) is 16.8 Å². The van der Waals surface area contributed by atoms with E-state index in [9.17, 15) is 9.59 Å². The first-order valence-electron chi connectivity index (χ1n) is 10.6. The van der Waals surface area contributed by atoms with Gasteiger partial charge in [0.25, 0.3) is 11.8 Å². The lowest BCUT2D eigenvalue weighted by Crippen LogP contribution is -2.32. The van der Waals surface area contributed by atoms with Gasteiger partial charge in [-0.25, -0.2) is 4.90 Å². The summed E-state index contributed by atoms with van der Waals surface area (Å²) in [4.78, 5) is 28.3. The van der Waals surface area contributed by atoms with Gasteiger partial charge >= 0.3 is 0 Å². The summed E-state index contributed by atoms with van der Waals surface area (Å²) < 4.78 is 5.73. The maximum absolute atomic E-state index is 13.6. The summed E-state index contributed by atoms with van der Waals surface area (Å²) >= 11 is 0. The van der Waals surface area contributed by atoms with Crippen LogP contribution < -0.4 is 15.0 Å². The van der Waals surface area contributed by atoms with E-state index < -0.39 is 0 Å². The predicted molar refractivity (Wildman–Crippen MR) is 128 cm³/mol. The Balaban J connectivity index is 1.79. The van der Waals surface area contributed by atoms with E-state index in [0.29, 0.717) is 22.6 Å². The molecule has 4 rings (SSSR count). The summed E-state index contributed by atoms with van der Waals surface area (Å²) in [7, 11) is 0. The molecule has 1 aliphatic heterocycles. The van der Waals surface area contributed by atoms with Crippen LogP contribution >= 0.6 is 0 Å². The van der Waals surface area contributed by atoms with Crippen LogP contribution in [0.1, 0.15) is 30.5 Å². The van der Waals surface area contributed by atoms with Crippen molar-refractivity contribution in [3.05, 3.63) is 95.2 Å². The summed E-state index contributed by atoms with van der Waals surface area (Å²) in [5.74, 6) is -0.0119. The molecule has 0 aromatic heterocycles. The van der Waals surface area contributed by atoms with Crippen LogP contribution in [0.5, 0.6) is 5.75 Å². The van der Waals surface area contributed by atoms with Gasteiger partial charge in [0, 0.05) is 5.69 Å². The number of amides is 2. The average Bonchev–Trinajstić information content (AvgIpc) is 2.98. The first-order valence-corrected chi connectivity index (χ1v) is 10.6. The van der Waals surface area contributed by atoms with Crippen molar-refractivity contribution in [1.82, 2.24) is 0 Å². The van der Waals surface area contributed by atoms with E-state index in [4.69, 9.17) is 4.74 Å². The Morgan fingerprint density at radius 2 is 1.44 bits per heavy atom. The fourth-order valence-electron chi connectivity index (χ4n) is 3.87. The molecule has 0 saturated carbocycles. The molecule has 3 aromatic carbocycles. The number of benzene rings is 3. The fraction of sp³-hybridized carbons (Fsp3) is 0.185. The fourth-order valence-corrected chi connectivity index (χ4v) is 3.87. The second-order valence-corrected chi connectivity index (χ2v) is 8.22. The lowest BCUT2D eigenvalue weighted by atomic mass is 10.0. The van der Waals surface area contributed by atoms with Crippen LogP contribution in [0.3, 0.4) is 0 Å². The zero-order valence-corrected chi connectivity index (χ0v) is 18.7. The van der Waals surface area contributed by atoms with Gasteiger partial charge in [-0.2, -0.15) is 0 Å². The van der Waals surface area contributed by atoms with Crippen LogP contribution in [0, 0.1) is 13.8 Å². The van der Waals surface area contributed by atoms with Crippen molar-refractivity contribution in [2.45, 2.75) is 33.8 Å². The number of hydrogen-bond donors (Lipinski definition) is 1. The van der Waals surface area contributed by atoms with Gasteiger partial charge in [-0.1, -0.05) is 36.4 Å². The molecule has 0 spiro atoms. The number of carbonyl (C=O) groups excluding carboxylic acids is 2. The summed E-state index contributed by atoms with van der Waals surface area (Å²) in [5, 5.41) is 3.18. The number of nitrogens with one attached hydrogen (secondary N) is 1. The van der Waals surface area contributed by atoms with Gasteiger partial charge in [0.1, 0.15) is 11.4 Å². The van der Waals surface area contributed by atoms with Crippen molar-refractivity contribution in [1.29, 1.82) is 0 Å². The number of anilines is 2. The van der Waals surface area contributed by atoms with Crippen molar-refractivity contribution >= 4 is 28.8 Å². The number of nitrogens with zero attached hydrogens (tertiary/aromatic N) is 1. The molecule has 5 heteroatoms. The number of aryl methyl sites for hydroxylation is 2. The van der Waals surface area contributed by atoms with Gasteiger partial charge in [0.2, 0.25) is 0 Å². The van der Waals surface area contributed by atoms with Crippen LogP contribution in [0.4, 0.5) is 11.4 Å². The van der Waals surface area contributed by atoms with Crippen molar-refractivity contribution in [2.24, 2.45) is 0 Å². The topological polar surface area (TPSA) is 58.6 Å². The molecule has 0 saturated heterocycles. The molecule has 2 amide bonds. The van der Waals surface area contributed by atoms with Crippen LogP contribution in [0.25, 0.3) is 5.57 Å². The Morgan fingerprint density at radius 3 is 2.03 bits per heavy atom. The first-order chi connectivity index (χ1) is 15.3. The lowest BCUT2D eigenvalue weighted by molar-refractivity contribution is -0.120. The minimum absolute atomic E-state index is 0.0464. The normalized spacial score (nSPS) is 13.8. The quantitative estimate of drug-likeness (QED) is 0.530. The Morgan fingerprint density at radius 1 is 0.812 bits per heavy atom. The summed E-state index contributed by atoms with van der Waals surface area (Å²) in [6.45, 7) is 7.82. The van der Waals surface area contributed by atoms with E-state index in [1.165, 1.54) is 4.90 Å². The molecule has 162 valence electrons. The highest BCUT2D eigenvalue weighted by atomic mass is 16.5. The average molecular weight is 427 g/mol. The summed E-state index contributed by atoms with van der Waals surface area (Å²) in [6, 6.07) is 22.4. The van der Waals surface area contributed by atoms with E-state index in [-0.39, 0.29) is 23.6 Å². The van der Waals surface area contributed by atoms with Crippen molar-refractivity contribution in [3.63, 3.8) is 0 Å². The third-order valence-corrected chi connectivity index (χ3v) is 5.11. The molecule has 0 unspecified atom stereocenters. The van der Waals surface area contributed by atoms with E-state index in [1.807, 2.05) is 100 Å². The van der Waals surface area contributed by atoms with Crippen molar-refractivity contribution in [3.8, 4) is 5.75 Å². The molecule has 1 N–H and O–H groups in total. The molecule has 1 aliphatic rings. The van der Waals surface area contributed by atoms with Gasteiger partial charge < -0.3 is 10.1 Å². The van der Waals surface area contributed by atoms with Gasteiger partial charge in [-0.05, 0) is 80.8 Å². The van der Waals surface area contributed by atoms with Crippen LogP contribution in [-0.2, 0) is 9.59 Å².